The Bertz CT molecular complexity index is 719. The molecule has 3 rings (SSSR count). The SMILES string of the molecule is O=S1(=O)CCC(O)(c2cc3cccc(Cl)c3o2)C1. The minimum absolute atomic E-state index is 0.0196. The fourth-order valence-electron chi connectivity index (χ4n) is 2.28. The third kappa shape index (κ3) is 1.83. The summed E-state index contributed by atoms with van der Waals surface area (Å²) in [6.07, 6.45) is 0.159. The molecule has 1 aliphatic heterocycles. The molecular formula is C12H11ClO4S. The Morgan fingerprint density at radius 1 is 1.39 bits per heavy atom. The van der Waals surface area contributed by atoms with Gasteiger partial charge in [-0.1, -0.05) is 23.7 Å². The summed E-state index contributed by atoms with van der Waals surface area (Å²) in [5, 5.41) is 11.6. The van der Waals surface area contributed by atoms with E-state index in [9.17, 15) is 13.5 Å². The van der Waals surface area contributed by atoms with Crippen molar-refractivity contribution >= 4 is 32.4 Å². The van der Waals surface area contributed by atoms with E-state index in [1.165, 1.54) is 0 Å². The van der Waals surface area contributed by atoms with Crippen molar-refractivity contribution in [3.63, 3.8) is 0 Å². The van der Waals surface area contributed by atoms with Gasteiger partial charge in [0.2, 0.25) is 0 Å². The molecule has 6 heteroatoms. The lowest BCUT2D eigenvalue weighted by molar-refractivity contribution is 0.0434. The van der Waals surface area contributed by atoms with Gasteiger partial charge in [0, 0.05) is 5.39 Å². The number of aliphatic hydroxyl groups is 1. The maximum Gasteiger partial charge on any atom is 0.153 e. The van der Waals surface area contributed by atoms with Crippen LogP contribution in [0.4, 0.5) is 0 Å². The van der Waals surface area contributed by atoms with Crippen LogP contribution >= 0.6 is 11.6 Å². The molecule has 18 heavy (non-hydrogen) atoms. The summed E-state index contributed by atoms with van der Waals surface area (Å²) < 4.78 is 28.5. The summed E-state index contributed by atoms with van der Waals surface area (Å²) >= 11 is 5.98. The number of fused-ring (bicyclic) bond motifs is 1. The average Bonchev–Trinajstić information content (AvgIpc) is 2.82. The van der Waals surface area contributed by atoms with Crippen molar-refractivity contribution < 1.29 is 17.9 Å². The highest BCUT2D eigenvalue weighted by Gasteiger charge is 2.44. The molecule has 1 N–H and O–H groups in total. The number of para-hydroxylation sites is 1. The smallest absolute Gasteiger partial charge is 0.153 e. The Kier molecular flexibility index (Phi) is 2.49. The van der Waals surface area contributed by atoms with Crippen LogP contribution in [-0.4, -0.2) is 25.0 Å². The van der Waals surface area contributed by atoms with Crippen LogP contribution in [0.15, 0.2) is 28.7 Å². The first-order chi connectivity index (χ1) is 8.40. The molecular weight excluding hydrogens is 276 g/mol. The van der Waals surface area contributed by atoms with E-state index in [1.807, 2.05) is 0 Å². The molecule has 0 saturated carbocycles. The Labute approximate surface area is 109 Å². The van der Waals surface area contributed by atoms with Crippen molar-refractivity contribution in [2.24, 2.45) is 0 Å². The molecule has 2 aromatic rings. The second-order valence-corrected chi connectivity index (χ2v) is 7.23. The Hall–Kier alpha value is -1.04. The zero-order chi connectivity index (χ0) is 13.0. The van der Waals surface area contributed by atoms with Crippen molar-refractivity contribution in [1.82, 2.24) is 0 Å². The van der Waals surface area contributed by atoms with Gasteiger partial charge in [-0.2, -0.15) is 0 Å². The van der Waals surface area contributed by atoms with E-state index in [0.29, 0.717) is 10.6 Å². The predicted octanol–water partition coefficient (Wildman–Crippen LogP) is 2.09. The molecule has 0 spiro atoms. The first-order valence-corrected chi connectivity index (χ1v) is 7.71. The van der Waals surface area contributed by atoms with E-state index in [-0.39, 0.29) is 23.7 Å². The maximum absolute atomic E-state index is 11.5. The molecule has 1 aliphatic rings. The Morgan fingerprint density at radius 2 is 2.17 bits per heavy atom. The number of furan rings is 1. The molecule has 1 atom stereocenters. The van der Waals surface area contributed by atoms with E-state index < -0.39 is 15.4 Å². The van der Waals surface area contributed by atoms with Gasteiger partial charge in [-0.05, 0) is 18.6 Å². The number of halogens is 1. The highest BCUT2D eigenvalue weighted by atomic mass is 35.5. The number of benzene rings is 1. The highest BCUT2D eigenvalue weighted by molar-refractivity contribution is 7.91. The fourth-order valence-corrected chi connectivity index (χ4v) is 4.31. The van der Waals surface area contributed by atoms with Gasteiger partial charge in [0.25, 0.3) is 0 Å². The summed E-state index contributed by atoms with van der Waals surface area (Å²) in [6, 6.07) is 6.93. The maximum atomic E-state index is 11.5. The van der Waals surface area contributed by atoms with Gasteiger partial charge in [-0.25, -0.2) is 8.42 Å². The van der Waals surface area contributed by atoms with E-state index >= 15 is 0 Å². The highest BCUT2D eigenvalue weighted by Crippen LogP contribution is 2.38. The molecule has 1 unspecified atom stereocenters. The minimum atomic E-state index is -3.19. The van der Waals surface area contributed by atoms with Crippen molar-refractivity contribution in [1.29, 1.82) is 0 Å². The average molecular weight is 287 g/mol. The number of hydrogen-bond donors (Lipinski definition) is 1. The van der Waals surface area contributed by atoms with Crippen molar-refractivity contribution in [3.05, 3.63) is 35.0 Å². The largest absolute Gasteiger partial charge is 0.456 e. The molecule has 1 saturated heterocycles. The normalized spacial score (nSPS) is 26.8. The molecule has 0 aliphatic carbocycles. The summed E-state index contributed by atoms with van der Waals surface area (Å²) in [7, 11) is -3.19. The van der Waals surface area contributed by atoms with Gasteiger partial charge in [0.05, 0.1) is 16.5 Å². The lowest BCUT2D eigenvalue weighted by atomic mass is 10.0. The molecule has 1 aromatic carbocycles. The van der Waals surface area contributed by atoms with Crippen LogP contribution in [0.25, 0.3) is 11.0 Å². The van der Waals surface area contributed by atoms with Gasteiger partial charge < -0.3 is 9.52 Å². The van der Waals surface area contributed by atoms with Crippen LogP contribution < -0.4 is 0 Å². The molecule has 1 fully saturated rings. The van der Waals surface area contributed by atoms with Crippen LogP contribution in [0.1, 0.15) is 12.2 Å². The van der Waals surface area contributed by atoms with Crippen LogP contribution in [-0.2, 0) is 15.4 Å². The number of sulfone groups is 1. The summed E-state index contributed by atoms with van der Waals surface area (Å²) in [5.74, 6) is -0.0437. The molecule has 0 amide bonds. The summed E-state index contributed by atoms with van der Waals surface area (Å²) in [4.78, 5) is 0. The van der Waals surface area contributed by atoms with E-state index in [0.717, 1.165) is 5.39 Å². The lowest BCUT2D eigenvalue weighted by Gasteiger charge is -2.16. The zero-order valence-electron chi connectivity index (χ0n) is 9.39. The molecule has 0 radical (unpaired) electrons. The topological polar surface area (TPSA) is 67.5 Å². The summed E-state index contributed by atoms with van der Waals surface area (Å²) in [6.45, 7) is 0. The summed E-state index contributed by atoms with van der Waals surface area (Å²) in [5.41, 5.74) is -0.951. The van der Waals surface area contributed by atoms with Crippen molar-refractivity contribution in [2.75, 3.05) is 11.5 Å². The fraction of sp³-hybridized carbons (Fsp3) is 0.333. The Morgan fingerprint density at radius 3 is 2.78 bits per heavy atom. The zero-order valence-corrected chi connectivity index (χ0v) is 11.0. The number of hydrogen-bond acceptors (Lipinski definition) is 4. The first kappa shape index (κ1) is 12.0. The Balaban J connectivity index is 2.13. The molecule has 1 aromatic heterocycles. The lowest BCUT2D eigenvalue weighted by Crippen LogP contribution is -2.26. The van der Waals surface area contributed by atoms with Gasteiger partial charge in [0.1, 0.15) is 11.4 Å². The first-order valence-electron chi connectivity index (χ1n) is 5.51. The monoisotopic (exact) mass is 286 g/mol. The molecule has 96 valence electrons. The minimum Gasteiger partial charge on any atom is -0.456 e. The van der Waals surface area contributed by atoms with Crippen LogP contribution in [0.5, 0.6) is 0 Å². The van der Waals surface area contributed by atoms with Crippen molar-refractivity contribution in [2.45, 2.75) is 12.0 Å². The van der Waals surface area contributed by atoms with Crippen LogP contribution in [0.3, 0.4) is 0 Å². The molecule has 2 heterocycles. The third-order valence-electron chi connectivity index (χ3n) is 3.24. The van der Waals surface area contributed by atoms with E-state index in [4.69, 9.17) is 16.0 Å². The van der Waals surface area contributed by atoms with Crippen LogP contribution in [0.2, 0.25) is 5.02 Å². The quantitative estimate of drug-likeness (QED) is 0.872. The molecule has 0 bridgehead atoms. The second-order valence-electron chi connectivity index (χ2n) is 4.64. The predicted molar refractivity (Wildman–Crippen MR) is 68.4 cm³/mol. The van der Waals surface area contributed by atoms with E-state index in [1.54, 1.807) is 24.3 Å². The molecule has 4 nitrogen and oxygen atoms in total. The van der Waals surface area contributed by atoms with Gasteiger partial charge in [-0.3, -0.25) is 0 Å². The van der Waals surface area contributed by atoms with Gasteiger partial charge in [-0.15, -0.1) is 0 Å². The van der Waals surface area contributed by atoms with Gasteiger partial charge >= 0.3 is 0 Å². The third-order valence-corrected chi connectivity index (χ3v) is 5.28. The number of rotatable bonds is 1. The van der Waals surface area contributed by atoms with E-state index in [2.05, 4.69) is 0 Å². The standard InChI is InChI=1S/C12H11ClO4S/c13-9-3-1-2-8-6-10(17-11(8)9)12(14)4-5-18(15,16)7-12/h1-3,6,14H,4-5,7H2. The second kappa shape index (κ2) is 3.73. The van der Waals surface area contributed by atoms with Crippen LogP contribution in [0, 0.1) is 0 Å². The van der Waals surface area contributed by atoms with Gasteiger partial charge in [0.15, 0.2) is 15.4 Å². The van der Waals surface area contributed by atoms with Crippen molar-refractivity contribution in [3.8, 4) is 0 Å².